The Bertz CT molecular complexity index is 575. The first-order valence-corrected chi connectivity index (χ1v) is 9.88. The Balaban J connectivity index is 1.64. The Morgan fingerprint density at radius 1 is 1.28 bits per heavy atom. The number of carbonyl (C=O) groups excluding carboxylic acids is 1. The zero-order chi connectivity index (χ0) is 18.4. The van der Waals surface area contributed by atoms with Gasteiger partial charge in [-0.05, 0) is 70.6 Å². The summed E-state index contributed by atoms with van der Waals surface area (Å²) in [6, 6.07) is 6.50. The second-order valence-electron chi connectivity index (χ2n) is 7.72. The molecule has 0 radical (unpaired) electrons. The molecule has 140 valence electrons. The standard InChI is InChI=1S/C20H30BrNO3/c1-15-14-16(7-8-18(15)21)6-5-13-24-17-9-11-22(12-10-17)19(23)25-20(2,3)4/h7-8,14,17H,5-6,9-13H2,1-4H3. The predicted molar refractivity (Wildman–Crippen MR) is 104 cm³/mol. The van der Waals surface area contributed by atoms with Crippen LogP contribution in [0.5, 0.6) is 0 Å². The summed E-state index contributed by atoms with van der Waals surface area (Å²) in [6.07, 6.45) is 3.87. The molecule has 0 aromatic heterocycles. The third-order valence-electron chi connectivity index (χ3n) is 4.28. The Kier molecular flexibility index (Phi) is 7.32. The molecule has 1 heterocycles. The molecular weight excluding hydrogens is 382 g/mol. The van der Waals surface area contributed by atoms with Gasteiger partial charge in [0.05, 0.1) is 6.10 Å². The average molecular weight is 412 g/mol. The van der Waals surface area contributed by atoms with Gasteiger partial charge in [0.1, 0.15) is 5.60 Å². The van der Waals surface area contributed by atoms with Crippen LogP contribution in [0, 0.1) is 6.92 Å². The zero-order valence-corrected chi connectivity index (χ0v) is 17.4. The molecule has 1 saturated heterocycles. The molecule has 0 unspecified atom stereocenters. The van der Waals surface area contributed by atoms with Gasteiger partial charge in [0.2, 0.25) is 0 Å². The molecule has 1 aromatic carbocycles. The predicted octanol–water partition coefficient (Wildman–Crippen LogP) is 5.11. The summed E-state index contributed by atoms with van der Waals surface area (Å²) in [5, 5.41) is 0. The molecule has 0 spiro atoms. The third-order valence-corrected chi connectivity index (χ3v) is 5.17. The Labute approximate surface area is 160 Å². The van der Waals surface area contributed by atoms with Crippen molar-refractivity contribution in [3.05, 3.63) is 33.8 Å². The van der Waals surface area contributed by atoms with Gasteiger partial charge >= 0.3 is 6.09 Å². The molecule has 1 aromatic rings. The first-order valence-electron chi connectivity index (χ1n) is 9.09. The highest BCUT2D eigenvalue weighted by atomic mass is 79.9. The first-order chi connectivity index (χ1) is 11.7. The maximum Gasteiger partial charge on any atom is 0.410 e. The topological polar surface area (TPSA) is 38.8 Å². The summed E-state index contributed by atoms with van der Waals surface area (Å²) < 4.78 is 12.6. The maximum absolute atomic E-state index is 12.0. The molecule has 4 nitrogen and oxygen atoms in total. The lowest BCUT2D eigenvalue weighted by atomic mass is 10.1. The lowest BCUT2D eigenvalue weighted by Gasteiger charge is -2.33. The number of likely N-dealkylation sites (tertiary alicyclic amines) is 1. The molecule has 1 fully saturated rings. The highest BCUT2D eigenvalue weighted by Crippen LogP contribution is 2.19. The summed E-state index contributed by atoms with van der Waals surface area (Å²) in [6.45, 7) is 10.0. The van der Waals surface area contributed by atoms with Crippen LogP contribution in [0.25, 0.3) is 0 Å². The molecule has 0 N–H and O–H groups in total. The van der Waals surface area contributed by atoms with Crippen LogP contribution in [0.3, 0.4) is 0 Å². The van der Waals surface area contributed by atoms with Crippen LogP contribution in [0.1, 0.15) is 51.2 Å². The van der Waals surface area contributed by atoms with Crippen LogP contribution in [-0.4, -0.2) is 42.4 Å². The average Bonchev–Trinajstić information content (AvgIpc) is 2.54. The van der Waals surface area contributed by atoms with Crippen LogP contribution >= 0.6 is 15.9 Å². The van der Waals surface area contributed by atoms with Crippen molar-refractivity contribution >= 4 is 22.0 Å². The molecule has 25 heavy (non-hydrogen) atoms. The molecule has 1 aliphatic rings. The molecule has 1 amide bonds. The monoisotopic (exact) mass is 411 g/mol. The summed E-state index contributed by atoms with van der Waals surface area (Å²) in [5.74, 6) is 0. The van der Waals surface area contributed by atoms with Crippen LogP contribution in [0.15, 0.2) is 22.7 Å². The number of benzene rings is 1. The minimum Gasteiger partial charge on any atom is -0.444 e. The van der Waals surface area contributed by atoms with E-state index in [0.717, 1.165) is 36.8 Å². The van der Waals surface area contributed by atoms with Gasteiger partial charge in [0, 0.05) is 24.2 Å². The fourth-order valence-corrected chi connectivity index (χ4v) is 3.17. The van der Waals surface area contributed by atoms with Crippen molar-refractivity contribution in [2.45, 2.75) is 65.1 Å². The molecule has 1 aliphatic heterocycles. The lowest BCUT2D eigenvalue weighted by Crippen LogP contribution is -2.43. The summed E-state index contributed by atoms with van der Waals surface area (Å²) >= 11 is 3.53. The number of ether oxygens (including phenoxy) is 2. The van der Waals surface area contributed by atoms with Gasteiger partial charge < -0.3 is 14.4 Å². The Morgan fingerprint density at radius 3 is 2.56 bits per heavy atom. The number of piperidine rings is 1. The number of amides is 1. The van der Waals surface area contributed by atoms with E-state index in [2.05, 4.69) is 41.1 Å². The van der Waals surface area contributed by atoms with Crippen molar-refractivity contribution in [1.82, 2.24) is 4.90 Å². The highest BCUT2D eigenvalue weighted by Gasteiger charge is 2.26. The number of rotatable bonds is 5. The minimum atomic E-state index is -0.435. The van der Waals surface area contributed by atoms with E-state index in [1.54, 1.807) is 4.90 Å². The number of hydrogen-bond donors (Lipinski definition) is 0. The van der Waals surface area contributed by atoms with E-state index in [1.165, 1.54) is 11.1 Å². The van der Waals surface area contributed by atoms with Crippen LogP contribution in [-0.2, 0) is 15.9 Å². The summed E-state index contributed by atoms with van der Waals surface area (Å²) in [7, 11) is 0. The van der Waals surface area contributed by atoms with Crippen LogP contribution in [0.4, 0.5) is 4.79 Å². The normalized spacial score (nSPS) is 16.1. The van der Waals surface area contributed by atoms with Crippen molar-refractivity contribution < 1.29 is 14.3 Å². The van der Waals surface area contributed by atoms with E-state index < -0.39 is 5.60 Å². The summed E-state index contributed by atoms with van der Waals surface area (Å²) in [4.78, 5) is 13.8. The van der Waals surface area contributed by atoms with E-state index >= 15 is 0 Å². The molecule has 5 heteroatoms. The number of nitrogens with zero attached hydrogens (tertiary/aromatic N) is 1. The van der Waals surface area contributed by atoms with E-state index in [4.69, 9.17) is 9.47 Å². The van der Waals surface area contributed by atoms with E-state index in [-0.39, 0.29) is 12.2 Å². The molecular formula is C20H30BrNO3. The second-order valence-corrected chi connectivity index (χ2v) is 8.58. The quantitative estimate of drug-likeness (QED) is 0.632. The van der Waals surface area contributed by atoms with E-state index in [0.29, 0.717) is 13.1 Å². The van der Waals surface area contributed by atoms with Crippen molar-refractivity contribution in [2.75, 3.05) is 19.7 Å². The third kappa shape index (κ3) is 6.98. The summed E-state index contributed by atoms with van der Waals surface area (Å²) in [5.41, 5.74) is 2.19. The minimum absolute atomic E-state index is 0.212. The molecule has 0 bridgehead atoms. The van der Waals surface area contributed by atoms with Crippen LogP contribution in [0.2, 0.25) is 0 Å². The number of aryl methyl sites for hydroxylation is 2. The van der Waals surface area contributed by atoms with Crippen LogP contribution < -0.4 is 0 Å². The maximum atomic E-state index is 12.0. The van der Waals surface area contributed by atoms with Gasteiger partial charge in [-0.3, -0.25) is 0 Å². The van der Waals surface area contributed by atoms with Crippen molar-refractivity contribution in [3.63, 3.8) is 0 Å². The van der Waals surface area contributed by atoms with Gasteiger partial charge in [0.15, 0.2) is 0 Å². The zero-order valence-electron chi connectivity index (χ0n) is 15.8. The van der Waals surface area contributed by atoms with Crippen molar-refractivity contribution in [3.8, 4) is 0 Å². The van der Waals surface area contributed by atoms with Gasteiger partial charge in [-0.2, -0.15) is 0 Å². The molecule has 2 rings (SSSR count). The number of carbonyl (C=O) groups is 1. The first kappa shape index (κ1) is 20.2. The second kappa shape index (κ2) is 9.04. The number of hydrogen-bond acceptors (Lipinski definition) is 3. The molecule has 0 aliphatic carbocycles. The lowest BCUT2D eigenvalue weighted by molar-refractivity contribution is -0.0117. The van der Waals surface area contributed by atoms with Crippen molar-refractivity contribution in [1.29, 1.82) is 0 Å². The Morgan fingerprint density at radius 2 is 1.96 bits per heavy atom. The SMILES string of the molecule is Cc1cc(CCCOC2CCN(C(=O)OC(C)(C)C)CC2)ccc1Br. The fourth-order valence-electron chi connectivity index (χ4n) is 2.92. The van der Waals surface area contributed by atoms with E-state index in [1.807, 2.05) is 20.8 Å². The fraction of sp³-hybridized carbons (Fsp3) is 0.650. The van der Waals surface area contributed by atoms with E-state index in [9.17, 15) is 4.79 Å². The smallest absolute Gasteiger partial charge is 0.410 e. The van der Waals surface area contributed by atoms with Gasteiger partial charge in [-0.15, -0.1) is 0 Å². The Hall–Kier alpha value is -1.07. The largest absolute Gasteiger partial charge is 0.444 e. The van der Waals surface area contributed by atoms with Gasteiger partial charge in [0.25, 0.3) is 0 Å². The number of halogens is 1. The van der Waals surface area contributed by atoms with Gasteiger partial charge in [-0.25, -0.2) is 4.79 Å². The molecule has 0 saturated carbocycles. The van der Waals surface area contributed by atoms with Crippen molar-refractivity contribution in [2.24, 2.45) is 0 Å². The molecule has 0 atom stereocenters. The highest BCUT2D eigenvalue weighted by molar-refractivity contribution is 9.10. The van der Waals surface area contributed by atoms with Gasteiger partial charge in [-0.1, -0.05) is 28.1 Å².